The number of morpholine rings is 1. The van der Waals surface area contributed by atoms with Crippen LogP contribution in [0.25, 0.3) is 10.9 Å². The van der Waals surface area contributed by atoms with Crippen molar-refractivity contribution in [2.75, 3.05) is 18.0 Å². The summed E-state index contributed by atoms with van der Waals surface area (Å²) >= 11 is 0. The van der Waals surface area contributed by atoms with E-state index in [1.807, 2.05) is 24.3 Å². The molecule has 0 bridgehead atoms. The predicted molar refractivity (Wildman–Crippen MR) is 83.3 cm³/mol. The van der Waals surface area contributed by atoms with E-state index in [2.05, 4.69) is 35.9 Å². The maximum Gasteiger partial charge on any atom is 0.143 e. The summed E-state index contributed by atoms with van der Waals surface area (Å²) < 4.78 is 5.93. The van der Waals surface area contributed by atoms with E-state index in [1.165, 1.54) is 0 Å². The van der Waals surface area contributed by atoms with Crippen LogP contribution in [0.5, 0.6) is 0 Å². The lowest BCUT2D eigenvalue weighted by Crippen LogP contribution is -2.46. The SMILES string of the molecule is CCC1CN(c2cc(C#N)nc3ccccc23)CC(C)O1. The minimum absolute atomic E-state index is 0.196. The minimum atomic E-state index is 0.196. The van der Waals surface area contributed by atoms with Crippen LogP contribution in [0, 0.1) is 11.3 Å². The molecule has 1 aliphatic heterocycles. The van der Waals surface area contributed by atoms with Crippen LogP contribution in [0.1, 0.15) is 26.0 Å². The molecule has 2 heterocycles. The molecule has 0 aliphatic carbocycles. The van der Waals surface area contributed by atoms with Crippen LogP contribution in [0.2, 0.25) is 0 Å². The van der Waals surface area contributed by atoms with Crippen LogP contribution in [0.3, 0.4) is 0 Å². The van der Waals surface area contributed by atoms with Gasteiger partial charge in [-0.25, -0.2) is 4.98 Å². The fourth-order valence-corrected chi connectivity index (χ4v) is 2.94. The summed E-state index contributed by atoms with van der Waals surface area (Å²) in [6.45, 7) is 5.95. The fourth-order valence-electron chi connectivity index (χ4n) is 2.94. The summed E-state index contributed by atoms with van der Waals surface area (Å²) in [4.78, 5) is 6.71. The van der Waals surface area contributed by atoms with Gasteiger partial charge in [-0.3, -0.25) is 0 Å². The predicted octanol–water partition coefficient (Wildman–Crippen LogP) is 3.11. The number of hydrogen-bond donors (Lipinski definition) is 0. The highest BCUT2D eigenvalue weighted by atomic mass is 16.5. The topological polar surface area (TPSA) is 49.2 Å². The van der Waals surface area contributed by atoms with E-state index < -0.39 is 0 Å². The smallest absolute Gasteiger partial charge is 0.143 e. The molecule has 0 spiro atoms. The van der Waals surface area contributed by atoms with Crippen molar-refractivity contribution in [2.45, 2.75) is 32.5 Å². The lowest BCUT2D eigenvalue weighted by atomic mass is 10.1. The van der Waals surface area contributed by atoms with Crippen molar-refractivity contribution in [3.8, 4) is 6.07 Å². The van der Waals surface area contributed by atoms with Gasteiger partial charge >= 0.3 is 0 Å². The van der Waals surface area contributed by atoms with Gasteiger partial charge in [-0.15, -0.1) is 0 Å². The average Bonchev–Trinajstić information content (AvgIpc) is 2.53. The second-order valence-corrected chi connectivity index (χ2v) is 5.54. The van der Waals surface area contributed by atoms with Gasteiger partial charge in [0.25, 0.3) is 0 Å². The van der Waals surface area contributed by atoms with Crippen molar-refractivity contribution >= 4 is 16.6 Å². The molecule has 2 atom stereocenters. The highest BCUT2D eigenvalue weighted by Gasteiger charge is 2.25. The number of nitrogens with zero attached hydrogens (tertiary/aromatic N) is 3. The lowest BCUT2D eigenvalue weighted by molar-refractivity contribution is -0.0171. The third-order valence-electron chi connectivity index (χ3n) is 3.93. The Kier molecular flexibility index (Phi) is 3.76. The molecule has 0 radical (unpaired) electrons. The molecule has 3 rings (SSSR count). The molecule has 4 nitrogen and oxygen atoms in total. The number of hydrogen-bond acceptors (Lipinski definition) is 4. The molecule has 21 heavy (non-hydrogen) atoms. The summed E-state index contributed by atoms with van der Waals surface area (Å²) in [7, 11) is 0. The van der Waals surface area contributed by atoms with E-state index in [1.54, 1.807) is 0 Å². The number of nitriles is 1. The van der Waals surface area contributed by atoms with Gasteiger partial charge in [-0.05, 0) is 25.5 Å². The highest BCUT2D eigenvalue weighted by Crippen LogP contribution is 2.29. The van der Waals surface area contributed by atoms with E-state index in [9.17, 15) is 5.26 Å². The quantitative estimate of drug-likeness (QED) is 0.848. The van der Waals surface area contributed by atoms with Crippen molar-refractivity contribution in [3.63, 3.8) is 0 Å². The standard InChI is InChI=1S/C17H19N3O/c1-3-14-11-20(10-12(2)21-14)17-8-13(9-18)19-16-7-5-4-6-15(16)17/h4-8,12,14H,3,10-11H2,1-2H3. The molecular weight excluding hydrogens is 262 g/mol. The number of para-hydroxylation sites is 1. The van der Waals surface area contributed by atoms with Crippen molar-refractivity contribution < 1.29 is 4.74 Å². The Hall–Kier alpha value is -2.12. The Morgan fingerprint density at radius 1 is 1.38 bits per heavy atom. The van der Waals surface area contributed by atoms with E-state index >= 15 is 0 Å². The van der Waals surface area contributed by atoms with Crippen molar-refractivity contribution in [2.24, 2.45) is 0 Å². The Balaban J connectivity index is 2.08. The van der Waals surface area contributed by atoms with Gasteiger partial charge in [-0.2, -0.15) is 5.26 Å². The number of ether oxygens (including phenoxy) is 1. The maximum atomic E-state index is 9.21. The Labute approximate surface area is 125 Å². The first-order chi connectivity index (χ1) is 10.2. The molecule has 1 aliphatic rings. The summed E-state index contributed by atoms with van der Waals surface area (Å²) in [6, 6.07) is 12.1. The number of anilines is 1. The first-order valence-electron chi connectivity index (χ1n) is 7.41. The molecule has 2 unspecified atom stereocenters. The average molecular weight is 281 g/mol. The zero-order chi connectivity index (χ0) is 14.8. The molecule has 4 heteroatoms. The van der Waals surface area contributed by atoms with Crippen LogP contribution in [0.15, 0.2) is 30.3 Å². The lowest BCUT2D eigenvalue weighted by Gasteiger charge is -2.38. The van der Waals surface area contributed by atoms with Gasteiger partial charge in [0.15, 0.2) is 0 Å². The van der Waals surface area contributed by atoms with E-state index in [4.69, 9.17) is 4.74 Å². The molecule has 1 aromatic heterocycles. The number of benzene rings is 1. The molecule has 0 saturated carbocycles. The zero-order valence-corrected chi connectivity index (χ0v) is 12.4. The Bertz CT molecular complexity index is 692. The molecule has 2 aromatic rings. The third kappa shape index (κ3) is 2.70. The summed E-state index contributed by atoms with van der Waals surface area (Å²) in [5, 5.41) is 10.3. The van der Waals surface area contributed by atoms with Gasteiger partial charge in [0.1, 0.15) is 11.8 Å². The second-order valence-electron chi connectivity index (χ2n) is 5.54. The normalized spacial score (nSPS) is 22.2. The molecule has 1 fully saturated rings. The van der Waals surface area contributed by atoms with Crippen molar-refractivity contribution in [3.05, 3.63) is 36.0 Å². The number of aromatic nitrogens is 1. The summed E-state index contributed by atoms with van der Waals surface area (Å²) in [6.07, 6.45) is 1.43. The highest BCUT2D eigenvalue weighted by molar-refractivity contribution is 5.92. The second kappa shape index (κ2) is 5.71. The van der Waals surface area contributed by atoms with Gasteiger partial charge in [-0.1, -0.05) is 25.1 Å². The fraction of sp³-hybridized carbons (Fsp3) is 0.412. The monoisotopic (exact) mass is 281 g/mol. The molecule has 1 aromatic carbocycles. The van der Waals surface area contributed by atoms with E-state index in [-0.39, 0.29) is 12.2 Å². The first-order valence-corrected chi connectivity index (χ1v) is 7.41. The Morgan fingerprint density at radius 2 is 2.19 bits per heavy atom. The van der Waals surface area contributed by atoms with Crippen LogP contribution < -0.4 is 4.90 Å². The maximum absolute atomic E-state index is 9.21. The van der Waals surface area contributed by atoms with Crippen LogP contribution in [-0.4, -0.2) is 30.3 Å². The van der Waals surface area contributed by atoms with Gasteiger partial charge in [0.05, 0.1) is 17.7 Å². The van der Waals surface area contributed by atoms with Crippen LogP contribution in [-0.2, 0) is 4.74 Å². The zero-order valence-electron chi connectivity index (χ0n) is 12.4. The number of rotatable bonds is 2. The Morgan fingerprint density at radius 3 is 2.95 bits per heavy atom. The molecule has 0 amide bonds. The molecule has 108 valence electrons. The summed E-state index contributed by atoms with van der Waals surface area (Å²) in [5.41, 5.74) is 2.43. The van der Waals surface area contributed by atoms with Crippen LogP contribution in [0.4, 0.5) is 5.69 Å². The number of fused-ring (bicyclic) bond motifs is 1. The van der Waals surface area contributed by atoms with E-state index in [0.29, 0.717) is 5.69 Å². The minimum Gasteiger partial charge on any atom is -0.372 e. The van der Waals surface area contributed by atoms with Crippen molar-refractivity contribution in [1.29, 1.82) is 5.26 Å². The third-order valence-corrected chi connectivity index (χ3v) is 3.93. The molecule has 0 N–H and O–H groups in total. The van der Waals surface area contributed by atoms with E-state index in [0.717, 1.165) is 36.1 Å². The van der Waals surface area contributed by atoms with Crippen molar-refractivity contribution in [1.82, 2.24) is 4.98 Å². The first kappa shape index (κ1) is 13.8. The molecule has 1 saturated heterocycles. The largest absolute Gasteiger partial charge is 0.372 e. The van der Waals surface area contributed by atoms with Gasteiger partial charge < -0.3 is 9.64 Å². The molecular formula is C17H19N3O. The van der Waals surface area contributed by atoms with Crippen LogP contribution >= 0.6 is 0 Å². The number of pyridine rings is 1. The van der Waals surface area contributed by atoms with Gasteiger partial charge in [0.2, 0.25) is 0 Å². The summed E-state index contributed by atoms with van der Waals surface area (Å²) in [5.74, 6) is 0. The van der Waals surface area contributed by atoms with Gasteiger partial charge in [0, 0.05) is 24.2 Å².